The zero-order valence-electron chi connectivity index (χ0n) is 50.3. The van der Waals surface area contributed by atoms with Gasteiger partial charge in [-0.25, -0.2) is 0 Å². The van der Waals surface area contributed by atoms with Crippen molar-refractivity contribution in [3.05, 3.63) is 60.8 Å². The van der Waals surface area contributed by atoms with Crippen LogP contribution >= 0.6 is 7.82 Å². The first-order valence-electron chi connectivity index (χ1n) is 32.2. The number of likely N-dealkylation sites (N-methyl/N-ethyl adjacent to an activating group) is 1. The lowest BCUT2D eigenvalue weighted by Gasteiger charge is -2.29. The minimum atomic E-state index is -4.62. The fourth-order valence-electron chi connectivity index (χ4n) is 9.39. The Balaban J connectivity index is 4.18. The Morgan fingerprint density at radius 1 is 0.467 bits per heavy atom. The van der Waals surface area contributed by atoms with Crippen molar-refractivity contribution in [2.75, 3.05) is 40.9 Å². The number of aliphatic hydroxyl groups excluding tert-OH is 1. The molecule has 2 N–H and O–H groups in total. The maximum absolute atomic E-state index is 13.0. The van der Waals surface area contributed by atoms with Crippen molar-refractivity contribution < 1.29 is 32.9 Å². The lowest BCUT2D eigenvalue weighted by Crippen LogP contribution is -2.45. The van der Waals surface area contributed by atoms with E-state index in [1.807, 2.05) is 27.2 Å². The van der Waals surface area contributed by atoms with Crippen molar-refractivity contribution in [1.82, 2.24) is 5.32 Å². The average Bonchev–Trinajstić information content (AvgIpc) is 3.37. The van der Waals surface area contributed by atoms with Gasteiger partial charge in [-0.15, -0.1) is 0 Å². The lowest BCUT2D eigenvalue weighted by molar-refractivity contribution is -0.870. The minimum absolute atomic E-state index is 0.0114. The standard InChI is InChI=1S/C66H125N2O6P/c1-6-8-10-12-14-16-18-20-22-24-26-28-29-30-31-32-33-34-35-36-37-38-40-41-43-45-47-49-51-53-55-57-59-65(69)64(63-74-75(71,72)73-62-61-68(3,4)5)67-66(70)60-58-56-54-52-50-48-46-44-42-39-27-25-23-21-19-17-15-13-11-9-7-2/h19,21,25,27,41,43,49,51,57,59,64-65,69H,6-18,20,22-24,26,28-40,42,44-48,50,52-56,58,60-63H2,1-5H3,(H-,67,70,71,72)/b21-19-,27-25-,43-41+,51-49+,59-57+. The van der Waals surface area contributed by atoms with Gasteiger partial charge in [0, 0.05) is 6.42 Å². The number of carbonyl (C=O) groups excluding carboxylic acids is 1. The maximum Gasteiger partial charge on any atom is 0.268 e. The summed E-state index contributed by atoms with van der Waals surface area (Å²) in [5.74, 6) is -0.214. The summed E-state index contributed by atoms with van der Waals surface area (Å²) in [5.41, 5.74) is 0. The molecule has 0 heterocycles. The summed E-state index contributed by atoms with van der Waals surface area (Å²) in [6, 6.07) is -0.916. The summed E-state index contributed by atoms with van der Waals surface area (Å²) in [7, 11) is 1.23. The molecule has 0 saturated carbocycles. The number of phosphoric acid groups is 1. The van der Waals surface area contributed by atoms with Crippen molar-refractivity contribution in [1.29, 1.82) is 0 Å². The van der Waals surface area contributed by atoms with Crippen LogP contribution in [0.2, 0.25) is 0 Å². The van der Waals surface area contributed by atoms with Crippen molar-refractivity contribution >= 4 is 13.7 Å². The van der Waals surface area contributed by atoms with E-state index in [9.17, 15) is 19.4 Å². The number of carbonyl (C=O) groups is 1. The molecule has 440 valence electrons. The molecule has 0 aliphatic heterocycles. The van der Waals surface area contributed by atoms with E-state index in [2.05, 4.69) is 67.8 Å². The van der Waals surface area contributed by atoms with Gasteiger partial charge in [0.25, 0.3) is 7.82 Å². The fourth-order valence-corrected chi connectivity index (χ4v) is 10.1. The molecule has 1 amide bonds. The van der Waals surface area contributed by atoms with E-state index >= 15 is 0 Å². The quantitative estimate of drug-likeness (QED) is 0.0272. The number of amides is 1. The molecule has 3 unspecified atom stereocenters. The van der Waals surface area contributed by atoms with Crippen molar-refractivity contribution in [2.45, 2.75) is 315 Å². The Morgan fingerprint density at radius 2 is 0.787 bits per heavy atom. The SMILES string of the molecule is CCCCCCC/C=C\C/C=C\CCCCCCCCCCCC(=O)NC(COP(=O)([O-])OCC[N+](C)(C)C)C(O)/C=C/CC/C=C/CC/C=C/CCCCCCCCCCCCCCCCCCCCCCCC. The highest BCUT2D eigenvalue weighted by atomic mass is 31.2. The van der Waals surface area contributed by atoms with E-state index in [0.29, 0.717) is 17.4 Å². The van der Waals surface area contributed by atoms with Gasteiger partial charge in [0.15, 0.2) is 0 Å². The number of nitrogens with one attached hydrogen (secondary N) is 1. The Hall–Kier alpha value is -1.80. The van der Waals surface area contributed by atoms with Gasteiger partial charge in [0.2, 0.25) is 5.91 Å². The molecule has 3 atom stereocenters. The van der Waals surface area contributed by atoms with Gasteiger partial charge in [-0.3, -0.25) is 9.36 Å². The first-order chi connectivity index (χ1) is 36.5. The smallest absolute Gasteiger partial charge is 0.268 e. The predicted octanol–water partition coefficient (Wildman–Crippen LogP) is 19.4. The van der Waals surface area contributed by atoms with Gasteiger partial charge >= 0.3 is 0 Å². The Labute approximate surface area is 466 Å². The highest BCUT2D eigenvalue weighted by molar-refractivity contribution is 7.45. The van der Waals surface area contributed by atoms with Crippen molar-refractivity contribution in [3.8, 4) is 0 Å². The van der Waals surface area contributed by atoms with Gasteiger partial charge in [0.1, 0.15) is 13.2 Å². The van der Waals surface area contributed by atoms with Crippen LogP contribution in [-0.4, -0.2) is 68.5 Å². The summed E-state index contributed by atoms with van der Waals surface area (Å²) >= 11 is 0. The zero-order valence-corrected chi connectivity index (χ0v) is 51.1. The Bertz CT molecular complexity index is 1400. The van der Waals surface area contributed by atoms with Crippen LogP contribution in [0.1, 0.15) is 303 Å². The number of hydrogen-bond acceptors (Lipinski definition) is 6. The van der Waals surface area contributed by atoms with Crippen molar-refractivity contribution in [3.63, 3.8) is 0 Å². The second-order valence-electron chi connectivity index (χ2n) is 23.1. The third-order valence-corrected chi connectivity index (χ3v) is 15.4. The topological polar surface area (TPSA) is 108 Å². The number of phosphoric ester groups is 1. The molecular formula is C66H125N2O6P. The van der Waals surface area contributed by atoms with Gasteiger partial charge in [-0.05, 0) is 77.0 Å². The summed E-state index contributed by atoms with van der Waals surface area (Å²) in [6.07, 6.45) is 77.6. The Kier molecular flexibility index (Phi) is 55.5. The van der Waals surface area contributed by atoms with Crippen molar-refractivity contribution in [2.24, 2.45) is 0 Å². The molecule has 0 spiro atoms. The molecule has 9 heteroatoms. The number of nitrogens with zero attached hydrogens (tertiary/aromatic N) is 1. The van der Waals surface area contributed by atoms with Crippen LogP contribution in [0.25, 0.3) is 0 Å². The molecule has 0 aliphatic carbocycles. The summed E-state index contributed by atoms with van der Waals surface area (Å²) < 4.78 is 23.4. The number of allylic oxidation sites excluding steroid dienone is 9. The molecule has 0 saturated heterocycles. The van der Waals surface area contributed by atoms with Crippen LogP contribution in [-0.2, 0) is 18.4 Å². The van der Waals surface area contributed by atoms with E-state index < -0.39 is 26.6 Å². The minimum Gasteiger partial charge on any atom is -0.756 e. The van der Waals surface area contributed by atoms with Crippen LogP contribution in [0.15, 0.2) is 60.8 Å². The maximum atomic E-state index is 13.0. The van der Waals surface area contributed by atoms with Gasteiger partial charge in [-0.2, -0.15) is 0 Å². The second-order valence-corrected chi connectivity index (χ2v) is 24.5. The molecule has 0 aromatic carbocycles. The molecule has 0 bridgehead atoms. The second kappa shape index (κ2) is 56.9. The molecule has 0 radical (unpaired) electrons. The molecule has 0 aliphatic rings. The largest absolute Gasteiger partial charge is 0.756 e. The zero-order chi connectivity index (χ0) is 54.9. The molecule has 8 nitrogen and oxygen atoms in total. The van der Waals surface area contributed by atoms with Gasteiger partial charge < -0.3 is 28.8 Å². The van der Waals surface area contributed by atoms with Crippen LogP contribution < -0.4 is 10.2 Å². The normalized spacial score (nSPS) is 14.2. The molecule has 75 heavy (non-hydrogen) atoms. The number of hydrogen-bond donors (Lipinski definition) is 2. The fraction of sp³-hybridized carbons (Fsp3) is 0.833. The molecule has 0 rings (SSSR count). The lowest BCUT2D eigenvalue weighted by atomic mass is 10.0. The van der Waals surface area contributed by atoms with Crippen LogP contribution in [0.3, 0.4) is 0 Å². The van der Waals surface area contributed by atoms with Gasteiger partial charge in [0.05, 0.1) is 39.9 Å². The van der Waals surface area contributed by atoms with Crippen LogP contribution in [0, 0.1) is 0 Å². The highest BCUT2D eigenvalue weighted by Crippen LogP contribution is 2.38. The molecule has 0 aromatic heterocycles. The van der Waals surface area contributed by atoms with Gasteiger partial charge in [-0.1, -0.05) is 280 Å². The number of quaternary nitrogens is 1. The third kappa shape index (κ3) is 59.7. The average molecular weight is 1070 g/mol. The predicted molar refractivity (Wildman–Crippen MR) is 325 cm³/mol. The number of rotatable bonds is 59. The van der Waals surface area contributed by atoms with E-state index in [1.54, 1.807) is 6.08 Å². The van der Waals surface area contributed by atoms with Crippen LogP contribution in [0.4, 0.5) is 0 Å². The monoisotopic (exact) mass is 1070 g/mol. The molecule has 0 fully saturated rings. The summed E-state index contributed by atoms with van der Waals surface area (Å²) in [4.78, 5) is 25.5. The Morgan fingerprint density at radius 3 is 1.16 bits per heavy atom. The van der Waals surface area contributed by atoms with E-state index in [0.717, 1.165) is 51.4 Å². The third-order valence-electron chi connectivity index (χ3n) is 14.4. The van der Waals surface area contributed by atoms with E-state index in [-0.39, 0.29) is 12.5 Å². The molecular weight excluding hydrogens is 948 g/mol. The molecule has 0 aromatic rings. The highest BCUT2D eigenvalue weighted by Gasteiger charge is 2.23. The van der Waals surface area contributed by atoms with Crippen LogP contribution in [0.5, 0.6) is 0 Å². The first-order valence-corrected chi connectivity index (χ1v) is 33.6. The number of unbranched alkanes of at least 4 members (excludes halogenated alkanes) is 38. The summed E-state index contributed by atoms with van der Waals surface area (Å²) in [6.45, 7) is 4.64. The first kappa shape index (κ1) is 73.2. The van der Waals surface area contributed by atoms with E-state index in [4.69, 9.17) is 9.05 Å². The number of aliphatic hydroxyl groups is 1. The summed E-state index contributed by atoms with van der Waals surface area (Å²) in [5, 5.41) is 13.9. The van der Waals surface area contributed by atoms with E-state index in [1.165, 1.54) is 231 Å².